The summed E-state index contributed by atoms with van der Waals surface area (Å²) in [5.41, 5.74) is 2.21. The zero-order valence-corrected chi connectivity index (χ0v) is 17.2. The number of hydrogen-bond acceptors (Lipinski definition) is 5. The van der Waals surface area contributed by atoms with Gasteiger partial charge in [0.2, 0.25) is 5.91 Å². The second-order valence-electron chi connectivity index (χ2n) is 7.34. The Labute approximate surface area is 178 Å². The molecule has 4 aromatic rings. The fourth-order valence-corrected chi connectivity index (χ4v) is 5.47. The SMILES string of the molecule is O=C(CCCN1C(=O)c2ccccc2S1(=O)=O)Nc1ccc2c(c1)oc1ccccc12. The van der Waals surface area contributed by atoms with Crippen LogP contribution in [-0.4, -0.2) is 31.1 Å². The smallest absolute Gasteiger partial charge is 0.269 e. The standard InChI is InChI=1S/C23H18N2O5S/c26-22(10-5-13-25-23(27)18-7-2-4-9-21(18)31(25,28)29)24-15-11-12-17-16-6-1-3-8-19(16)30-20(17)14-15/h1-4,6-9,11-12,14H,5,10,13H2,(H,24,26). The van der Waals surface area contributed by atoms with Gasteiger partial charge in [-0.1, -0.05) is 30.3 Å². The topological polar surface area (TPSA) is 96.7 Å². The second-order valence-corrected chi connectivity index (χ2v) is 9.17. The summed E-state index contributed by atoms with van der Waals surface area (Å²) in [6.07, 6.45) is 0.297. The van der Waals surface area contributed by atoms with Gasteiger partial charge in [-0.15, -0.1) is 0 Å². The summed E-state index contributed by atoms with van der Waals surface area (Å²) in [5.74, 6) is -0.816. The highest BCUT2D eigenvalue weighted by Crippen LogP contribution is 2.31. The van der Waals surface area contributed by atoms with Crippen molar-refractivity contribution in [2.45, 2.75) is 17.7 Å². The molecule has 7 nitrogen and oxygen atoms in total. The van der Waals surface area contributed by atoms with Crippen LogP contribution in [0.4, 0.5) is 5.69 Å². The van der Waals surface area contributed by atoms with Crippen molar-refractivity contribution in [2.24, 2.45) is 0 Å². The van der Waals surface area contributed by atoms with E-state index in [-0.39, 0.29) is 35.8 Å². The average molecular weight is 434 g/mol. The van der Waals surface area contributed by atoms with Crippen molar-refractivity contribution >= 4 is 49.5 Å². The quantitative estimate of drug-likeness (QED) is 0.509. The number of anilines is 1. The molecule has 0 fully saturated rings. The zero-order valence-electron chi connectivity index (χ0n) is 16.4. The summed E-state index contributed by atoms with van der Waals surface area (Å²) in [6.45, 7) is -0.0497. The van der Waals surface area contributed by atoms with Gasteiger partial charge in [-0.05, 0) is 36.8 Å². The number of carbonyl (C=O) groups is 2. The van der Waals surface area contributed by atoms with Crippen molar-refractivity contribution in [1.82, 2.24) is 4.31 Å². The minimum absolute atomic E-state index is 0.0172. The molecule has 8 heteroatoms. The van der Waals surface area contributed by atoms with E-state index in [1.165, 1.54) is 12.1 Å². The molecule has 0 saturated carbocycles. The molecular weight excluding hydrogens is 416 g/mol. The maximum atomic E-state index is 12.6. The first-order valence-corrected chi connectivity index (χ1v) is 11.3. The fraction of sp³-hybridized carbons (Fsp3) is 0.130. The summed E-state index contributed by atoms with van der Waals surface area (Å²) >= 11 is 0. The van der Waals surface area contributed by atoms with E-state index in [0.717, 1.165) is 20.7 Å². The molecule has 1 aliphatic rings. The van der Waals surface area contributed by atoms with E-state index in [9.17, 15) is 18.0 Å². The summed E-state index contributed by atoms with van der Waals surface area (Å²) in [5, 5.41) is 4.77. The molecule has 3 aromatic carbocycles. The van der Waals surface area contributed by atoms with Crippen molar-refractivity contribution < 1.29 is 22.4 Å². The third-order valence-corrected chi connectivity index (χ3v) is 7.18. The maximum absolute atomic E-state index is 12.6. The number of hydrogen-bond donors (Lipinski definition) is 1. The Morgan fingerprint density at radius 1 is 0.935 bits per heavy atom. The van der Waals surface area contributed by atoms with Gasteiger partial charge in [0.1, 0.15) is 16.1 Å². The second kappa shape index (κ2) is 7.24. The molecule has 1 aliphatic heterocycles. The lowest BCUT2D eigenvalue weighted by atomic mass is 10.1. The van der Waals surface area contributed by atoms with E-state index in [2.05, 4.69) is 5.32 Å². The Morgan fingerprint density at radius 3 is 2.52 bits per heavy atom. The van der Waals surface area contributed by atoms with Gasteiger partial charge >= 0.3 is 0 Å². The molecule has 0 saturated heterocycles. The third-order valence-electron chi connectivity index (χ3n) is 5.34. The van der Waals surface area contributed by atoms with Crippen LogP contribution in [0, 0.1) is 0 Å². The van der Waals surface area contributed by atoms with Gasteiger partial charge in [0.25, 0.3) is 15.9 Å². The fourth-order valence-electron chi connectivity index (χ4n) is 3.86. The number of rotatable bonds is 5. The van der Waals surface area contributed by atoms with Crippen molar-refractivity contribution in [3.63, 3.8) is 0 Å². The van der Waals surface area contributed by atoms with Crippen molar-refractivity contribution in [2.75, 3.05) is 11.9 Å². The van der Waals surface area contributed by atoms with Gasteiger partial charge in [0.05, 0.1) is 5.56 Å². The molecule has 2 heterocycles. The molecule has 1 N–H and O–H groups in total. The molecule has 0 spiro atoms. The molecule has 5 rings (SSSR count). The lowest BCUT2D eigenvalue weighted by Gasteiger charge is -2.14. The molecular formula is C23H18N2O5S. The molecule has 0 unspecified atom stereocenters. The molecule has 156 valence electrons. The van der Waals surface area contributed by atoms with Crippen LogP contribution in [-0.2, 0) is 14.8 Å². The van der Waals surface area contributed by atoms with Crippen molar-refractivity contribution in [1.29, 1.82) is 0 Å². The minimum Gasteiger partial charge on any atom is -0.456 e. The number of fused-ring (bicyclic) bond motifs is 4. The molecule has 0 radical (unpaired) electrons. The minimum atomic E-state index is -3.85. The van der Waals surface area contributed by atoms with E-state index in [1.54, 1.807) is 24.3 Å². The lowest BCUT2D eigenvalue weighted by molar-refractivity contribution is -0.116. The molecule has 1 aromatic heterocycles. The summed E-state index contributed by atoms with van der Waals surface area (Å²) < 4.78 is 31.8. The summed E-state index contributed by atoms with van der Waals surface area (Å²) in [4.78, 5) is 24.8. The number of para-hydroxylation sites is 1. The first-order chi connectivity index (χ1) is 14.9. The van der Waals surface area contributed by atoms with E-state index < -0.39 is 15.9 Å². The Bertz CT molecular complexity index is 1460. The molecule has 2 amide bonds. The first kappa shape index (κ1) is 19.3. The van der Waals surface area contributed by atoms with Crippen LogP contribution in [0.5, 0.6) is 0 Å². The highest BCUT2D eigenvalue weighted by atomic mass is 32.2. The van der Waals surface area contributed by atoms with Gasteiger partial charge in [-0.25, -0.2) is 12.7 Å². The molecule has 0 bridgehead atoms. The van der Waals surface area contributed by atoms with E-state index in [1.807, 2.05) is 30.3 Å². The van der Waals surface area contributed by atoms with E-state index in [4.69, 9.17) is 4.42 Å². The van der Waals surface area contributed by atoms with Gasteiger partial charge in [0, 0.05) is 35.5 Å². The van der Waals surface area contributed by atoms with Crippen molar-refractivity contribution in [3.05, 3.63) is 72.3 Å². The summed E-state index contributed by atoms with van der Waals surface area (Å²) in [6, 6.07) is 19.3. The van der Waals surface area contributed by atoms with Crippen LogP contribution in [0.1, 0.15) is 23.2 Å². The Morgan fingerprint density at radius 2 is 1.68 bits per heavy atom. The Hall–Kier alpha value is -3.65. The summed E-state index contributed by atoms with van der Waals surface area (Å²) in [7, 11) is -3.85. The van der Waals surface area contributed by atoms with Crippen LogP contribution in [0.2, 0.25) is 0 Å². The van der Waals surface area contributed by atoms with Crippen LogP contribution in [0.3, 0.4) is 0 Å². The zero-order chi connectivity index (χ0) is 21.6. The largest absolute Gasteiger partial charge is 0.456 e. The Balaban J connectivity index is 1.24. The number of amides is 2. The molecule has 0 aliphatic carbocycles. The number of benzene rings is 3. The predicted molar refractivity (Wildman–Crippen MR) is 116 cm³/mol. The van der Waals surface area contributed by atoms with Gasteiger partial charge in [0.15, 0.2) is 0 Å². The van der Waals surface area contributed by atoms with Crippen molar-refractivity contribution in [3.8, 4) is 0 Å². The van der Waals surface area contributed by atoms with Crippen LogP contribution in [0.15, 0.2) is 76.0 Å². The molecule has 31 heavy (non-hydrogen) atoms. The van der Waals surface area contributed by atoms with Gasteiger partial charge < -0.3 is 9.73 Å². The molecule has 0 atom stereocenters. The number of sulfonamides is 1. The lowest BCUT2D eigenvalue weighted by Crippen LogP contribution is -2.31. The number of carbonyl (C=O) groups excluding carboxylic acids is 2. The monoisotopic (exact) mass is 434 g/mol. The third kappa shape index (κ3) is 3.25. The van der Waals surface area contributed by atoms with Gasteiger partial charge in [-0.3, -0.25) is 9.59 Å². The van der Waals surface area contributed by atoms with E-state index >= 15 is 0 Å². The number of nitrogens with zero attached hydrogens (tertiary/aromatic N) is 1. The average Bonchev–Trinajstić information content (AvgIpc) is 3.22. The van der Waals surface area contributed by atoms with E-state index in [0.29, 0.717) is 11.3 Å². The normalized spacial score (nSPS) is 14.8. The predicted octanol–water partition coefficient (Wildman–Crippen LogP) is 4.15. The Kier molecular flexibility index (Phi) is 4.51. The number of nitrogens with one attached hydrogen (secondary N) is 1. The first-order valence-electron chi connectivity index (χ1n) is 9.82. The highest BCUT2D eigenvalue weighted by molar-refractivity contribution is 7.90. The van der Waals surface area contributed by atoms with Crippen LogP contribution < -0.4 is 5.32 Å². The highest BCUT2D eigenvalue weighted by Gasteiger charge is 2.40. The number of furan rings is 1. The van der Waals surface area contributed by atoms with Gasteiger partial charge in [-0.2, -0.15) is 0 Å². The maximum Gasteiger partial charge on any atom is 0.269 e. The van der Waals surface area contributed by atoms with Crippen LogP contribution in [0.25, 0.3) is 21.9 Å². The van der Waals surface area contributed by atoms with Crippen LogP contribution >= 0.6 is 0 Å².